The Morgan fingerprint density at radius 1 is 1.24 bits per heavy atom. The summed E-state index contributed by atoms with van der Waals surface area (Å²) in [5.74, 6) is 0.909. The second-order valence-corrected chi connectivity index (χ2v) is 5.69. The Balaban J connectivity index is 1.59. The molecule has 2 aromatic rings. The molecule has 1 aliphatic rings. The molecule has 0 saturated heterocycles. The lowest BCUT2D eigenvalue weighted by atomic mass is 10.1. The van der Waals surface area contributed by atoms with E-state index in [0.717, 1.165) is 28.3 Å². The first-order valence-electron chi connectivity index (χ1n) is 7.10. The minimum atomic E-state index is -0.0675. The van der Waals surface area contributed by atoms with Crippen LogP contribution in [0.3, 0.4) is 0 Å². The van der Waals surface area contributed by atoms with Crippen molar-refractivity contribution in [2.45, 2.75) is 18.6 Å². The molecule has 3 nitrogen and oxygen atoms in total. The van der Waals surface area contributed by atoms with E-state index >= 15 is 0 Å². The molecule has 3 rings (SSSR count). The first kappa shape index (κ1) is 14.4. The van der Waals surface area contributed by atoms with Crippen molar-refractivity contribution in [1.29, 1.82) is 0 Å². The Labute approximate surface area is 129 Å². The van der Waals surface area contributed by atoms with Crippen molar-refractivity contribution < 1.29 is 9.84 Å². The number of fused-ring (bicyclic) bond motifs is 1. The summed E-state index contributed by atoms with van der Waals surface area (Å²) in [5.41, 5.74) is 2.23. The van der Waals surface area contributed by atoms with E-state index < -0.39 is 0 Å². The van der Waals surface area contributed by atoms with Crippen molar-refractivity contribution in [3.05, 3.63) is 64.7 Å². The first-order valence-corrected chi connectivity index (χ1v) is 7.48. The summed E-state index contributed by atoms with van der Waals surface area (Å²) in [7, 11) is 0. The van der Waals surface area contributed by atoms with Crippen molar-refractivity contribution >= 4 is 11.6 Å². The average Bonchev–Trinajstić information content (AvgIpc) is 2.91. The molecule has 0 aromatic heterocycles. The summed E-state index contributed by atoms with van der Waals surface area (Å²) < 4.78 is 5.89. The van der Waals surface area contributed by atoms with Crippen molar-refractivity contribution in [3.63, 3.8) is 0 Å². The Kier molecular flexibility index (Phi) is 4.44. The fraction of sp³-hybridized carbons (Fsp3) is 0.294. The van der Waals surface area contributed by atoms with Gasteiger partial charge in [-0.3, -0.25) is 0 Å². The van der Waals surface area contributed by atoms with Crippen molar-refractivity contribution in [2.24, 2.45) is 0 Å². The molecule has 0 fully saturated rings. The van der Waals surface area contributed by atoms with Gasteiger partial charge in [-0.25, -0.2) is 0 Å². The van der Waals surface area contributed by atoms with E-state index in [4.69, 9.17) is 16.3 Å². The van der Waals surface area contributed by atoms with Crippen LogP contribution < -0.4 is 10.1 Å². The number of halogens is 1. The number of rotatable bonds is 5. The van der Waals surface area contributed by atoms with Crippen LogP contribution in [0.5, 0.6) is 5.75 Å². The number of hydrogen-bond donors (Lipinski definition) is 2. The SMILES string of the molecule is OCC(NCC1Cc2cc(Cl)ccc2O1)c1ccccc1. The lowest BCUT2D eigenvalue weighted by molar-refractivity contribution is 0.197. The van der Waals surface area contributed by atoms with Gasteiger partial charge in [-0.05, 0) is 29.3 Å². The van der Waals surface area contributed by atoms with Crippen LogP contribution in [0.1, 0.15) is 17.2 Å². The molecule has 2 unspecified atom stereocenters. The summed E-state index contributed by atoms with van der Waals surface area (Å²) in [6.45, 7) is 0.752. The molecule has 0 saturated carbocycles. The zero-order chi connectivity index (χ0) is 14.7. The number of aliphatic hydroxyl groups excluding tert-OH is 1. The lowest BCUT2D eigenvalue weighted by Crippen LogP contribution is -2.34. The van der Waals surface area contributed by atoms with Crippen LogP contribution in [0, 0.1) is 0 Å². The molecule has 1 aliphatic heterocycles. The van der Waals surface area contributed by atoms with Gasteiger partial charge in [-0.1, -0.05) is 41.9 Å². The summed E-state index contributed by atoms with van der Waals surface area (Å²) in [5, 5.41) is 13.7. The molecule has 0 amide bonds. The average molecular weight is 304 g/mol. The van der Waals surface area contributed by atoms with Crippen LogP contribution in [0.4, 0.5) is 0 Å². The highest BCUT2D eigenvalue weighted by Gasteiger charge is 2.23. The maximum Gasteiger partial charge on any atom is 0.123 e. The van der Waals surface area contributed by atoms with Crippen molar-refractivity contribution in [2.75, 3.05) is 13.2 Å². The highest BCUT2D eigenvalue weighted by molar-refractivity contribution is 6.30. The van der Waals surface area contributed by atoms with E-state index in [1.807, 2.05) is 48.5 Å². The summed E-state index contributed by atoms with van der Waals surface area (Å²) in [6, 6.07) is 15.6. The summed E-state index contributed by atoms with van der Waals surface area (Å²) in [4.78, 5) is 0. The number of hydrogen-bond acceptors (Lipinski definition) is 3. The molecule has 2 aromatic carbocycles. The third kappa shape index (κ3) is 3.38. The molecular weight excluding hydrogens is 286 g/mol. The molecule has 2 N–H and O–H groups in total. The quantitative estimate of drug-likeness (QED) is 0.892. The molecule has 2 atom stereocenters. The second kappa shape index (κ2) is 6.48. The van der Waals surface area contributed by atoms with E-state index in [1.54, 1.807) is 0 Å². The van der Waals surface area contributed by atoms with Gasteiger partial charge < -0.3 is 15.2 Å². The Bertz CT molecular complexity index is 603. The Morgan fingerprint density at radius 2 is 2.05 bits per heavy atom. The minimum absolute atomic E-state index is 0.0650. The van der Waals surface area contributed by atoms with Gasteiger partial charge in [0.25, 0.3) is 0 Å². The fourth-order valence-corrected chi connectivity index (χ4v) is 2.84. The summed E-state index contributed by atoms with van der Waals surface area (Å²) in [6.07, 6.45) is 0.923. The second-order valence-electron chi connectivity index (χ2n) is 5.25. The lowest BCUT2D eigenvalue weighted by Gasteiger charge is -2.19. The predicted octanol–water partition coefficient (Wildman–Crippen LogP) is 2.97. The molecule has 4 heteroatoms. The minimum Gasteiger partial charge on any atom is -0.488 e. The fourth-order valence-electron chi connectivity index (χ4n) is 2.65. The van der Waals surface area contributed by atoms with Gasteiger partial charge in [0.2, 0.25) is 0 Å². The molecule has 110 valence electrons. The third-order valence-corrected chi connectivity index (χ3v) is 3.98. The topological polar surface area (TPSA) is 41.5 Å². The maximum absolute atomic E-state index is 9.54. The monoisotopic (exact) mass is 303 g/mol. The molecule has 0 radical (unpaired) electrons. The number of ether oxygens (including phenoxy) is 1. The smallest absolute Gasteiger partial charge is 0.123 e. The summed E-state index contributed by atoms with van der Waals surface area (Å²) >= 11 is 6.00. The molecule has 0 bridgehead atoms. The maximum atomic E-state index is 9.54. The number of nitrogens with one attached hydrogen (secondary N) is 1. The van der Waals surface area contributed by atoms with E-state index in [1.165, 1.54) is 0 Å². The normalized spacial score (nSPS) is 18.1. The molecular formula is C17H18ClNO2. The molecule has 0 aliphatic carbocycles. The predicted molar refractivity (Wildman–Crippen MR) is 83.8 cm³/mol. The van der Waals surface area contributed by atoms with Crippen molar-refractivity contribution in [3.8, 4) is 5.75 Å². The van der Waals surface area contributed by atoms with Gasteiger partial charge in [0.1, 0.15) is 11.9 Å². The standard InChI is InChI=1S/C17H18ClNO2/c18-14-6-7-17-13(8-14)9-15(21-17)10-19-16(11-20)12-4-2-1-3-5-12/h1-8,15-16,19-20H,9-11H2. The highest BCUT2D eigenvalue weighted by Crippen LogP contribution is 2.31. The van der Waals surface area contributed by atoms with Crippen LogP contribution in [0.15, 0.2) is 48.5 Å². The largest absolute Gasteiger partial charge is 0.488 e. The first-order chi connectivity index (χ1) is 10.3. The zero-order valence-corrected chi connectivity index (χ0v) is 12.4. The van der Waals surface area contributed by atoms with Gasteiger partial charge in [0, 0.05) is 18.0 Å². The molecule has 0 spiro atoms. The van der Waals surface area contributed by atoms with Crippen LogP contribution in [0.25, 0.3) is 0 Å². The zero-order valence-electron chi connectivity index (χ0n) is 11.6. The van der Waals surface area contributed by atoms with E-state index in [2.05, 4.69) is 5.32 Å². The van der Waals surface area contributed by atoms with Gasteiger partial charge >= 0.3 is 0 Å². The third-order valence-electron chi connectivity index (χ3n) is 3.74. The van der Waals surface area contributed by atoms with E-state index in [0.29, 0.717) is 6.54 Å². The highest BCUT2D eigenvalue weighted by atomic mass is 35.5. The van der Waals surface area contributed by atoms with Crippen LogP contribution >= 0.6 is 11.6 Å². The van der Waals surface area contributed by atoms with Crippen LogP contribution in [-0.2, 0) is 6.42 Å². The van der Waals surface area contributed by atoms with Crippen LogP contribution in [-0.4, -0.2) is 24.4 Å². The molecule has 1 heterocycles. The van der Waals surface area contributed by atoms with Crippen molar-refractivity contribution in [1.82, 2.24) is 5.32 Å². The van der Waals surface area contributed by atoms with E-state index in [-0.39, 0.29) is 18.8 Å². The number of benzene rings is 2. The van der Waals surface area contributed by atoms with Crippen LogP contribution in [0.2, 0.25) is 5.02 Å². The van der Waals surface area contributed by atoms with Gasteiger partial charge in [-0.2, -0.15) is 0 Å². The Hall–Kier alpha value is -1.55. The van der Waals surface area contributed by atoms with Gasteiger partial charge in [-0.15, -0.1) is 0 Å². The number of aliphatic hydroxyl groups is 1. The Morgan fingerprint density at radius 3 is 2.81 bits per heavy atom. The molecule has 21 heavy (non-hydrogen) atoms. The van der Waals surface area contributed by atoms with E-state index in [9.17, 15) is 5.11 Å². The van der Waals surface area contributed by atoms with Gasteiger partial charge in [0.05, 0.1) is 12.6 Å². The van der Waals surface area contributed by atoms with Gasteiger partial charge in [0.15, 0.2) is 0 Å².